The smallest absolute Gasteiger partial charge is 0.335 e. The highest BCUT2D eigenvalue weighted by atomic mass is 32.2. The van der Waals surface area contributed by atoms with Gasteiger partial charge in [-0.15, -0.1) is 0 Å². The molecule has 0 atom stereocenters. The van der Waals surface area contributed by atoms with Crippen LogP contribution in [-0.2, 0) is 0 Å². The minimum Gasteiger partial charge on any atom is -0.478 e. The van der Waals surface area contributed by atoms with Gasteiger partial charge in [-0.1, -0.05) is 25.6 Å². The second-order valence-corrected chi connectivity index (χ2v) is 5.82. The molecule has 1 N–H and O–H groups in total. The minimum atomic E-state index is -1.08. The molecule has 0 aliphatic rings. The summed E-state index contributed by atoms with van der Waals surface area (Å²) in [6, 6.07) is 5.95. The van der Waals surface area contributed by atoms with Crippen LogP contribution in [0, 0.1) is 11.6 Å². The fourth-order valence-electron chi connectivity index (χ4n) is 1.67. The molecule has 0 aliphatic carbocycles. The number of hydrogen-bond donors (Lipinski definition) is 1. The van der Waals surface area contributed by atoms with Crippen molar-refractivity contribution in [2.75, 3.05) is 0 Å². The van der Waals surface area contributed by atoms with Crippen molar-refractivity contribution in [1.82, 2.24) is 4.98 Å². The number of carboxylic acid groups (broad SMARTS) is 1. The van der Waals surface area contributed by atoms with E-state index < -0.39 is 17.6 Å². The average Bonchev–Trinajstić information content (AvgIpc) is 2.42. The number of pyridine rings is 1. The fraction of sp³-hybridized carbons (Fsp3) is 0.200. The monoisotopic (exact) mass is 309 g/mol. The third kappa shape index (κ3) is 3.78. The highest BCUT2D eigenvalue weighted by Crippen LogP contribution is 2.31. The Morgan fingerprint density at radius 3 is 2.57 bits per heavy atom. The van der Waals surface area contributed by atoms with Crippen LogP contribution >= 0.6 is 11.8 Å². The van der Waals surface area contributed by atoms with Crippen LogP contribution in [0.1, 0.15) is 35.8 Å². The van der Waals surface area contributed by atoms with Gasteiger partial charge >= 0.3 is 5.97 Å². The lowest BCUT2D eigenvalue weighted by atomic mass is 10.1. The number of nitrogens with zero attached hydrogens (tertiary/aromatic N) is 1. The van der Waals surface area contributed by atoms with Crippen LogP contribution in [0.5, 0.6) is 0 Å². The van der Waals surface area contributed by atoms with E-state index in [1.807, 2.05) is 13.8 Å². The number of rotatable bonds is 4. The molecule has 6 heteroatoms. The number of aromatic carboxylic acids is 1. The lowest BCUT2D eigenvalue weighted by Crippen LogP contribution is -2.02. The van der Waals surface area contributed by atoms with Crippen LogP contribution in [0.3, 0.4) is 0 Å². The Morgan fingerprint density at radius 1 is 1.24 bits per heavy atom. The van der Waals surface area contributed by atoms with Crippen LogP contribution in [0.2, 0.25) is 0 Å². The molecule has 0 spiro atoms. The van der Waals surface area contributed by atoms with E-state index in [0.717, 1.165) is 30.0 Å². The number of aromatic nitrogens is 1. The molecule has 2 rings (SSSR count). The van der Waals surface area contributed by atoms with Crippen molar-refractivity contribution in [2.24, 2.45) is 0 Å². The first kappa shape index (κ1) is 15.4. The Labute approximate surface area is 125 Å². The van der Waals surface area contributed by atoms with Gasteiger partial charge in [-0.2, -0.15) is 0 Å². The molecule has 0 saturated carbocycles. The van der Waals surface area contributed by atoms with Crippen molar-refractivity contribution in [3.05, 3.63) is 53.2 Å². The lowest BCUT2D eigenvalue weighted by Gasteiger charge is -2.09. The predicted molar refractivity (Wildman–Crippen MR) is 75.8 cm³/mol. The number of benzene rings is 1. The van der Waals surface area contributed by atoms with Gasteiger partial charge in [0, 0.05) is 5.69 Å². The molecule has 0 amide bonds. The molecular formula is C15H13F2NO2S. The van der Waals surface area contributed by atoms with E-state index in [0.29, 0.717) is 10.7 Å². The van der Waals surface area contributed by atoms with Gasteiger partial charge in [0.2, 0.25) is 0 Å². The van der Waals surface area contributed by atoms with Gasteiger partial charge < -0.3 is 5.11 Å². The van der Waals surface area contributed by atoms with Gasteiger partial charge in [0.15, 0.2) is 0 Å². The summed E-state index contributed by atoms with van der Waals surface area (Å²) in [5, 5.41) is 9.43. The first-order valence-corrected chi connectivity index (χ1v) is 7.06. The Balaban J connectivity index is 2.43. The maximum Gasteiger partial charge on any atom is 0.335 e. The second kappa shape index (κ2) is 6.22. The summed E-state index contributed by atoms with van der Waals surface area (Å²) in [4.78, 5) is 15.5. The summed E-state index contributed by atoms with van der Waals surface area (Å²) in [6.07, 6.45) is 0. The standard InChI is InChI=1S/C15H13F2NO2S/c1-8(2)12-5-9(15(19)20)6-14(18-12)21-13-7-10(16)3-4-11(13)17/h3-8H,1-2H3,(H,19,20). The van der Waals surface area contributed by atoms with Crippen LogP contribution in [0.15, 0.2) is 40.3 Å². The Kier molecular flexibility index (Phi) is 4.57. The summed E-state index contributed by atoms with van der Waals surface area (Å²) >= 11 is 0.902. The van der Waals surface area contributed by atoms with Crippen LogP contribution in [-0.4, -0.2) is 16.1 Å². The molecule has 1 heterocycles. The topological polar surface area (TPSA) is 50.2 Å². The molecule has 2 aromatic rings. The molecule has 0 radical (unpaired) electrons. The molecule has 0 bridgehead atoms. The van der Waals surface area contributed by atoms with E-state index in [4.69, 9.17) is 5.11 Å². The summed E-state index contributed by atoms with van der Waals surface area (Å²) in [7, 11) is 0. The maximum absolute atomic E-state index is 13.6. The van der Waals surface area contributed by atoms with Crippen molar-refractivity contribution in [2.45, 2.75) is 29.7 Å². The Hall–Kier alpha value is -1.95. The summed E-state index contributed by atoms with van der Waals surface area (Å²) in [6.45, 7) is 3.76. The fourth-order valence-corrected chi connectivity index (χ4v) is 2.56. The lowest BCUT2D eigenvalue weighted by molar-refractivity contribution is 0.0696. The van der Waals surface area contributed by atoms with E-state index >= 15 is 0 Å². The molecule has 0 unspecified atom stereocenters. The molecule has 0 aliphatic heterocycles. The zero-order valence-corrected chi connectivity index (χ0v) is 12.2. The maximum atomic E-state index is 13.6. The molecule has 0 fully saturated rings. The van der Waals surface area contributed by atoms with Crippen molar-refractivity contribution in [3.8, 4) is 0 Å². The zero-order valence-electron chi connectivity index (χ0n) is 11.4. The minimum absolute atomic E-state index is 0.0287. The van der Waals surface area contributed by atoms with E-state index in [2.05, 4.69) is 4.98 Å². The van der Waals surface area contributed by atoms with Gasteiger partial charge in [0.25, 0.3) is 0 Å². The molecular weight excluding hydrogens is 296 g/mol. The number of carboxylic acids is 1. The van der Waals surface area contributed by atoms with Gasteiger partial charge in [-0.3, -0.25) is 0 Å². The normalized spacial score (nSPS) is 10.9. The van der Waals surface area contributed by atoms with Crippen molar-refractivity contribution < 1.29 is 18.7 Å². The molecule has 1 aromatic heterocycles. The quantitative estimate of drug-likeness (QED) is 0.913. The first-order chi connectivity index (χ1) is 9.86. The second-order valence-electron chi connectivity index (χ2n) is 4.76. The van der Waals surface area contributed by atoms with Crippen LogP contribution in [0.4, 0.5) is 8.78 Å². The molecule has 1 aromatic carbocycles. The highest BCUT2D eigenvalue weighted by molar-refractivity contribution is 7.99. The average molecular weight is 309 g/mol. The van der Waals surface area contributed by atoms with Gasteiger partial charge in [0.1, 0.15) is 16.7 Å². The molecule has 21 heavy (non-hydrogen) atoms. The molecule has 110 valence electrons. The predicted octanol–water partition coefficient (Wildman–Crippen LogP) is 4.33. The molecule has 3 nitrogen and oxygen atoms in total. The largest absolute Gasteiger partial charge is 0.478 e. The summed E-state index contributed by atoms with van der Waals surface area (Å²) in [5.74, 6) is -2.19. The summed E-state index contributed by atoms with van der Waals surface area (Å²) < 4.78 is 26.8. The SMILES string of the molecule is CC(C)c1cc(C(=O)O)cc(Sc2cc(F)ccc2F)n1. The van der Waals surface area contributed by atoms with Gasteiger partial charge in [0.05, 0.1) is 10.5 Å². The van der Waals surface area contributed by atoms with E-state index in [1.54, 1.807) is 0 Å². The first-order valence-electron chi connectivity index (χ1n) is 6.25. The van der Waals surface area contributed by atoms with Crippen molar-refractivity contribution in [1.29, 1.82) is 0 Å². The third-order valence-electron chi connectivity index (χ3n) is 2.77. The van der Waals surface area contributed by atoms with Gasteiger partial charge in [-0.25, -0.2) is 18.6 Å². The molecule has 0 saturated heterocycles. The highest BCUT2D eigenvalue weighted by Gasteiger charge is 2.13. The van der Waals surface area contributed by atoms with Crippen molar-refractivity contribution >= 4 is 17.7 Å². The number of hydrogen-bond acceptors (Lipinski definition) is 3. The zero-order chi connectivity index (χ0) is 15.6. The van der Waals surface area contributed by atoms with Crippen LogP contribution in [0.25, 0.3) is 0 Å². The van der Waals surface area contributed by atoms with E-state index in [9.17, 15) is 13.6 Å². The summed E-state index contributed by atoms with van der Waals surface area (Å²) in [5.41, 5.74) is 0.669. The third-order valence-corrected chi connectivity index (χ3v) is 3.72. The Bertz CT molecular complexity index is 689. The van der Waals surface area contributed by atoms with Gasteiger partial charge in [-0.05, 0) is 36.2 Å². The number of carbonyl (C=O) groups is 1. The van der Waals surface area contributed by atoms with Crippen molar-refractivity contribution in [3.63, 3.8) is 0 Å². The van der Waals surface area contributed by atoms with E-state index in [1.165, 1.54) is 12.1 Å². The number of halogens is 2. The van der Waals surface area contributed by atoms with Crippen LogP contribution < -0.4 is 0 Å². The Morgan fingerprint density at radius 2 is 1.95 bits per heavy atom. The van der Waals surface area contributed by atoms with E-state index in [-0.39, 0.29) is 16.4 Å².